The highest BCUT2D eigenvalue weighted by Gasteiger charge is 2.08. The molecule has 0 atom stereocenters. The van der Waals surface area contributed by atoms with E-state index in [1.54, 1.807) is 6.07 Å². The summed E-state index contributed by atoms with van der Waals surface area (Å²) in [5, 5.41) is 8.61. The molecule has 0 aliphatic carbocycles. The number of halogens is 1. The summed E-state index contributed by atoms with van der Waals surface area (Å²) in [6, 6.07) is 1.73. The van der Waals surface area contributed by atoms with E-state index in [-0.39, 0.29) is 12.3 Å². The smallest absolute Gasteiger partial charge is 0.309 e. The van der Waals surface area contributed by atoms with E-state index >= 15 is 0 Å². The summed E-state index contributed by atoms with van der Waals surface area (Å²) in [6.45, 7) is 4.00. The lowest BCUT2D eigenvalue weighted by Gasteiger charge is -2.06. The second kappa shape index (κ2) is 4.50. The van der Waals surface area contributed by atoms with Gasteiger partial charge in [0.2, 0.25) is 0 Å². The summed E-state index contributed by atoms with van der Waals surface area (Å²) in [5.41, 5.74) is 1.38. The number of nitrogens with zero attached hydrogens (tertiary/aromatic N) is 2. The maximum Gasteiger partial charge on any atom is 0.309 e. The molecule has 0 unspecified atom stereocenters. The molecule has 1 heterocycles. The quantitative estimate of drug-likeness (QED) is 0.843. The molecule has 0 amide bonds. The van der Waals surface area contributed by atoms with Crippen molar-refractivity contribution in [2.24, 2.45) is 0 Å². The van der Waals surface area contributed by atoms with E-state index in [2.05, 4.69) is 25.9 Å². The van der Waals surface area contributed by atoms with Crippen molar-refractivity contribution in [3.05, 3.63) is 22.2 Å². The maximum atomic E-state index is 10.5. The molecule has 0 radical (unpaired) electrons. The van der Waals surface area contributed by atoms with Gasteiger partial charge in [-0.15, -0.1) is 0 Å². The van der Waals surface area contributed by atoms with Gasteiger partial charge in [-0.25, -0.2) is 9.97 Å². The fourth-order valence-electron chi connectivity index (χ4n) is 1.03. The van der Waals surface area contributed by atoms with E-state index < -0.39 is 5.97 Å². The first kappa shape index (κ1) is 11.1. The van der Waals surface area contributed by atoms with Crippen LogP contribution in [0.2, 0.25) is 0 Å². The number of aliphatic carboxylic acids is 1. The molecular weight excluding hydrogens is 248 g/mol. The number of carboxylic acids is 1. The highest BCUT2D eigenvalue weighted by atomic mass is 79.9. The van der Waals surface area contributed by atoms with Crippen LogP contribution in [0.15, 0.2) is 10.8 Å². The molecule has 1 N–H and O–H groups in total. The first-order valence-corrected chi connectivity index (χ1v) is 5.03. The fourth-order valence-corrected chi connectivity index (χ4v) is 1.46. The van der Waals surface area contributed by atoms with Crippen molar-refractivity contribution in [3.63, 3.8) is 0 Å². The van der Waals surface area contributed by atoms with E-state index in [0.717, 1.165) is 5.69 Å². The molecule has 1 rings (SSSR count). The van der Waals surface area contributed by atoms with Gasteiger partial charge in [-0.3, -0.25) is 4.79 Å². The van der Waals surface area contributed by atoms with Crippen LogP contribution in [0, 0.1) is 0 Å². The summed E-state index contributed by atoms with van der Waals surface area (Å²) >= 11 is 3.16. The third-order valence-electron chi connectivity index (χ3n) is 1.70. The van der Waals surface area contributed by atoms with Crippen LogP contribution in [0.25, 0.3) is 0 Å². The monoisotopic (exact) mass is 258 g/mol. The molecular formula is C9H11BrN2O2. The SMILES string of the molecule is CC(C)c1cc(CC(=O)O)nc(Br)n1. The van der Waals surface area contributed by atoms with Crippen LogP contribution in [0.1, 0.15) is 31.2 Å². The Labute approximate surface area is 90.5 Å². The van der Waals surface area contributed by atoms with Crippen molar-refractivity contribution >= 4 is 21.9 Å². The zero-order valence-corrected chi connectivity index (χ0v) is 9.58. The highest BCUT2D eigenvalue weighted by Crippen LogP contribution is 2.15. The Morgan fingerprint density at radius 3 is 2.71 bits per heavy atom. The molecule has 1 aromatic rings. The standard InChI is InChI=1S/C9H11BrN2O2/c1-5(2)7-3-6(4-8(13)14)11-9(10)12-7/h3,5H,4H2,1-2H3,(H,13,14). The van der Waals surface area contributed by atoms with E-state index in [1.807, 2.05) is 13.8 Å². The minimum Gasteiger partial charge on any atom is -0.481 e. The Morgan fingerprint density at radius 2 is 2.21 bits per heavy atom. The van der Waals surface area contributed by atoms with Gasteiger partial charge in [-0.1, -0.05) is 13.8 Å². The topological polar surface area (TPSA) is 63.1 Å². The average Bonchev–Trinajstić information content (AvgIpc) is 2.01. The van der Waals surface area contributed by atoms with Gasteiger partial charge in [-0.05, 0) is 27.9 Å². The number of rotatable bonds is 3. The summed E-state index contributed by atoms with van der Waals surface area (Å²) in [5.74, 6) is -0.618. The van der Waals surface area contributed by atoms with Crippen LogP contribution in [-0.4, -0.2) is 21.0 Å². The lowest BCUT2D eigenvalue weighted by Crippen LogP contribution is -2.05. The van der Waals surface area contributed by atoms with Crippen molar-refractivity contribution in [2.75, 3.05) is 0 Å². The van der Waals surface area contributed by atoms with Gasteiger partial charge < -0.3 is 5.11 Å². The highest BCUT2D eigenvalue weighted by molar-refractivity contribution is 9.10. The van der Waals surface area contributed by atoms with Crippen LogP contribution < -0.4 is 0 Å². The van der Waals surface area contributed by atoms with Crippen LogP contribution in [-0.2, 0) is 11.2 Å². The third-order valence-corrected chi connectivity index (χ3v) is 2.05. The summed E-state index contributed by atoms with van der Waals surface area (Å²) < 4.78 is 0.444. The van der Waals surface area contributed by atoms with Crippen molar-refractivity contribution in [2.45, 2.75) is 26.2 Å². The lowest BCUT2D eigenvalue weighted by atomic mass is 10.1. The second-order valence-corrected chi connectivity index (χ2v) is 3.99. The molecule has 0 aliphatic heterocycles. The van der Waals surface area contributed by atoms with Crippen LogP contribution in [0.5, 0.6) is 0 Å². The average molecular weight is 259 g/mol. The lowest BCUT2D eigenvalue weighted by molar-refractivity contribution is -0.136. The zero-order valence-electron chi connectivity index (χ0n) is 7.99. The van der Waals surface area contributed by atoms with Gasteiger partial charge in [0.25, 0.3) is 0 Å². The molecule has 76 valence electrons. The van der Waals surface area contributed by atoms with Gasteiger partial charge in [0.1, 0.15) is 0 Å². The van der Waals surface area contributed by atoms with Crippen LogP contribution in [0.3, 0.4) is 0 Å². The molecule has 0 bridgehead atoms. The van der Waals surface area contributed by atoms with Gasteiger partial charge in [0.05, 0.1) is 12.1 Å². The molecule has 4 nitrogen and oxygen atoms in total. The molecule has 5 heteroatoms. The van der Waals surface area contributed by atoms with Crippen molar-refractivity contribution in [3.8, 4) is 0 Å². The molecule has 0 saturated heterocycles. The predicted molar refractivity (Wildman–Crippen MR) is 55.2 cm³/mol. The number of aromatic nitrogens is 2. The van der Waals surface area contributed by atoms with E-state index in [1.165, 1.54) is 0 Å². The molecule has 0 spiro atoms. The summed E-state index contributed by atoms with van der Waals surface area (Å²) in [4.78, 5) is 18.6. The number of carboxylic acid groups (broad SMARTS) is 1. The van der Waals surface area contributed by atoms with Gasteiger partial charge in [0.15, 0.2) is 4.73 Å². The van der Waals surface area contributed by atoms with Crippen molar-refractivity contribution in [1.29, 1.82) is 0 Å². The van der Waals surface area contributed by atoms with Gasteiger partial charge >= 0.3 is 5.97 Å². The van der Waals surface area contributed by atoms with E-state index in [4.69, 9.17) is 5.11 Å². The summed E-state index contributed by atoms with van der Waals surface area (Å²) in [7, 11) is 0. The Hall–Kier alpha value is -0.970. The number of hydrogen-bond acceptors (Lipinski definition) is 3. The Bertz CT molecular complexity index is 353. The third kappa shape index (κ3) is 3.06. The summed E-state index contributed by atoms with van der Waals surface area (Å²) in [6.07, 6.45) is -0.0686. The van der Waals surface area contributed by atoms with Gasteiger partial charge in [-0.2, -0.15) is 0 Å². The number of carbonyl (C=O) groups is 1. The first-order valence-electron chi connectivity index (χ1n) is 4.24. The zero-order chi connectivity index (χ0) is 10.7. The number of hydrogen-bond donors (Lipinski definition) is 1. The first-order chi connectivity index (χ1) is 6.49. The van der Waals surface area contributed by atoms with Crippen LogP contribution >= 0.6 is 15.9 Å². The molecule has 0 saturated carbocycles. The minimum absolute atomic E-state index is 0.0686. The van der Waals surface area contributed by atoms with Crippen molar-refractivity contribution < 1.29 is 9.90 Å². The Balaban J connectivity index is 3.01. The Morgan fingerprint density at radius 1 is 1.57 bits per heavy atom. The Kier molecular flexibility index (Phi) is 3.57. The fraction of sp³-hybridized carbons (Fsp3) is 0.444. The normalized spacial score (nSPS) is 10.6. The van der Waals surface area contributed by atoms with E-state index in [9.17, 15) is 4.79 Å². The van der Waals surface area contributed by atoms with Crippen molar-refractivity contribution in [1.82, 2.24) is 9.97 Å². The van der Waals surface area contributed by atoms with E-state index in [0.29, 0.717) is 10.4 Å². The second-order valence-electron chi connectivity index (χ2n) is 3.28. The molecule has 0 aromatic carbocycles. The largest absolute Gasteiger partial charge is 0.481 e. The predicted octanol–water partition coefficient (Wildman–Crippen LogP) is 1.99. The molecule has 0 aliphatic rings. The maximum absolute atomic E-state index is 10.5. The molecule has 1 aromatic heterocycles. The minimum atomic E-state index is -0.884. The molecule has 0 fully saturated rings. The van der Waals surface area contributed by atoms with Gasteiger partial charge in [0, 0.05) is 5.69 Å². The van der Waals surface area contributed by atoms with Crippen LogP contribution in [0.4, 0.5) is 0 Å². The molecule has 14 heavy (non-hydrogen) atoms.